The Bertz CT molecular complexity index is 368. The van der Waals surface area contributed by atoms with Crippen molar-refractivity contribution in [2.45, 2.75) is 6.42 Å². The molecule has 15 heavy (non-hydrogen) atoms. The Morgan fingerprint density at radius 1 is 1.33 bits per heavy atom. The van der Waals surface area contributed by atoms with E-state index >= 15 is 0 Å². The van der Waals surface area contributed by atoms with Crippen molar-refractivity contribution in [3.8, 4) is 0 Å². The van der Waals surface area contributed by atoms with Crippen LogP contribution in [-0.2, 0) is 16.0 Å². The van der Waals surface area contributed by atoms with Crippen molar-refractivity contribution in [1.29, 1.82) is 0 Å². The van der Waals surface area contributed by atoms with Gasteiger partial charge in [-0.15, -0.1) is 0 Å². The lowest BCUT2D eigenvalue weighted by Crippen LogP contribution is -2.24. The Balaban J connectivity index is 2.80. The number of allylic oxidation sites excluding steroid dienone is 1. The van der Waals surface area contributed by atoms with Crippen molar-refractivity contribution in [3.63, 3.8) is 0 Å². The topological polar surface area (TPSA) is 54.4 Å². The number of hydrogen-bond acceptors (Lipinski definition) is 2. The van der Waals surface area contributed by atoms with E-state index in [2.05, 4.69) is 6.58 Å². The number of rotatable bonds is 5. The Labute approximate surface area is 88.0 Å². The van der Waals surface area contributed by atoms with Gasteiger partial charge in [-0.05, 0) is 18.1 Å². The zero-order valence-electron chi connectivity index (χ0n) is 8.22. The Hall–Kier alpha value is -1.90. The van der Waals surface area contributed by atoms with Crippen LogP contribution in [0.25, 0.3) is 0 Å². The molecular formula is C12H12O3. The predicted octanol–water partition coefficient (Wildman–Crippen LogP) is 1.69. The first-order valence-corrected chi connectivity index (χ1v) is 4.58. The smallest absolute Gasteiger partial charge is 0.314 e. The normalized spacial score (nSPS) is 11.7. The quantitative estimate of drug-likeness (QED) is 0.586. The highest BCUT2D eigenvalue weighted by atomic mass is 16.4. The van der Waals surface area contributed by atoms with E-state index in [1.165, 1.54) is 0 Å². The van der Waals surface area contributed by atoms with Gasteiger partial charge in [-0.1, -0.05) is 36.9 Å². The number of hydrogen-bond donors (Lipinski definition) is 1. The zero-order chi connectivity index (χ0) is 11.3. The number of carboxylic acid groups (broad SMARTS) is 1. The number of carbonyl (C=O) groups excluding carboxylic acids is 1. The molecule has 3 nitrogen and oxygen atoms in total. The highest BCUT2D eigenvalue weighted by Gasteiger charge is 2.23. The largest absolute Gasteiger partial charge is 0.481 e. The van der Waals surface area contributed by atoms with Gasteiger partial charge in [0.1, 0.15) is 5.92 Å². The second-order valence-electron chi connectivity index (χ2n) is 3.19. The Morgan fingerprint density at radius 3 is 2.40 bits per heavy atom. The molecule has 0 heterocycles. The summed E-state index contributed by atoms with van der Waals surface area (Å²) in [6.45, 7) is 3.29. The SMILES string of the molecule is C=CC(=O)C(Cc1ccccc1)C(=O)O. The van der Waals surface area contributed by atoms with Crippen LogP contribution in [0, 0.1) is 5.92 Å². The molecule has 0 amide bonds. The molecule has 1 aromatic carbocycles. The first-order valence-electron chi connectivity index (χ1n) is 4.58. The number of benzene rings is 1. The predicted molar refractivity (Wildman–Crippen MR) is 56.5 cm³/mol. The first kappa shape index (κ1) is 11.2. The monoisotopic (exact) mass is 204 g/mol. The molecule has 0 aliphatic rings. The molecule has 0 aromatic heterocycles. The summed E-state index contributed by atoms with van der Waals surface area (Å²) in [7, 11) is 0. The lowest BCUT2D eigenvalue weighted by molar-refractivity contribution is -0.144. The van der Waals surface area contributed by atoms with Gasteiger partial charge in [-0.3, -0.25) is 9.59 Å². The van der Waals surface area contributed by atoms with E-state index in [1.54, 1.807) is 12.1 Å². The van der Waals surface area contributed by atoms with Gasteiger partial charge in [0.05, 0.1) is 0 Å². The third kappa shape index (κ3) is 3.06. The molecular weight excluding hydrogens is 192 g/mol. The van der Waals surface area contributed by atoms with Gasteiger partial charge in [0.15, 0.2) is 5.78 Å². The molecule has 1 rings (SSSR count). The summed E-state index contributed by atoms with van der Waals surface area (Å²) in [5, 5.41) is 8.87. The van der Waals surface area contributed by atoms with Crippen LogP contribution in [0.15, 0.2) is 43.0 Å². The van der Waals surface area contributed by atoms with Crippen molar-refractivity contribution in [1.82, 2.24) is 0 Å². The summed E-state index contributed by atoms with van der Waals surface area (Å²) in [5.41, 5.74) is 0.833. The van der Waals surface area contributed by atoms with E-state index in [1.807, 2.05) is 18.2 Å². The van der Waals surface area contributed by atoms with Gasteiger partial charge in [-0.2, -0.15) is 0 Å². The van der Waals surface area contributed by atoms with Crippen LogP contribution in [0.2, 0.25) is 0 Å². The van der Waals surface area contributed by atoms with E-state index < -0.39 is 17.7 Å². The summed E-state index contributed by atoms with van der Waals surface area (Å²) in [6, 6.07) is 9.06. The highest BCUT2D eigenvalue weighted by Crippen LogP contribution is 2.10. The van der Waals surface area contributed by atoms with Gasteiger partial charge in [-0.25, -0.2) is 0 Å². The van der Waals surface area contributed by atoms with Gasteiger partial charge in [0.25, 0.3) is 0 Å². The van der Waals surface area contributed by atoms with Crippen molar-refractivity contribution >= 4 is 11.8 Å². The molecule has 0 bridgehead atoms. The average molecular weight is 204 g/mol. The molecule has 1 N–H and O–H groups in total. The molecule has 0 fully saturated rings. The van der Waals surface area contributed by atoms with Crippen molar-refractivity contribution in [2.24, 2.45) is 5.92 Å². The third-order valence-corrected chi connectivity index (χ3v) is 2.13. The van der Waals surface area contributed by atoms with Gasteiger partial charge in [0.2, 0.25) is 0 Å². The summed E-state index contributed by atoms with van der Waals surface area (Å²) in [6.07, 6.45) is 1.27. The molecule has 3 heteroatoms. The van der Waals surface area contributed by atoms with E-state index in [0.29, 0.717) is 0 Å². The molecule has 0 aliphatic carbocycles. The first-order chi connectivity index (χ1) is 7.15. The number of aliphatic carboxylic acids is 1. The van der Waals surface area contributed by atoms with E-state index in [-0.39, 0.29) is 6.42 Å². The van der Waals surface area contributed by atoms with Crippen LogP contribution in [0.1, 0.15) is 5.56 Å². The molecule has 1 atom stereocenters. The maximum absolute atomic E-state index is 11.3. The molecule has 0 saturated heterocycles. The molecule has 0 spiro atoms. The van der Waals surface area contributed by atoms with Crippen LogP contribution in [-0.4, -0.2) is 16.9 Å². The average Bonchev–Trinajstić information content (AvgIpc) is 2.26. The summed E-state index contributed by atoms with van der Waals surface area (Å²) < 4.78 is 0. The highest BCUT2D eigenvalue weighted by molar-refractivity contribution is 6.04. The molecule has 1 aromatic rings. The van der Waals surface area contributed by atoms with Crippen molar-refractivity contribution in [2.75, 3.05) is 0 Å². The number of ketones is 1. The Kier molecular flexibility index (Phi) is 3.80. The summed E-state index contributed by atoms with van der Waals surface area (Å²) in [4.78, 5) is 22.1. The standard InChI is InChI=1S/C12H12O3/c1-2-11(13)10(12(14)15)8-9-6-4-3-5-7-9/h2-7,10H,1,8H2,(H,14,15). The number of carbonyl (C=O) groups is 2. The summed E-state index contributed by atoms with van der Waals surface area (Å²) in [5.74, 6) is -2.58. The summed E-state index contributed by atoms with van der Waals surface area (Å²) >= 11 is 0. The van der Waals surface area contributed by atoms with Gasteiger partial charge in [0, 0.05) is 0 Å². The van der Waals surface area contributed by atoms with E-state index in [9.17, 15) is 9.59 Å². The molecule has 0 aliphatic heterocycles. The van der Waals surface area contributed by atoms with Crippen LogP contribution in [0.4, 0.5) is 0 Å². The van der Waals surface area contributed by atoms with Crippen LogP contribution < -0.4 is 0 Å². The Morgan fingerprint density at radius 2 is 1.93 bits per heavy atom. The van der Waals surface area contributed by atoms with Crippen LogP contribution >= 0.6 is 0 Å². The van der Waals surface area contributed by atoms with Gasteiger partial charge >= 0.3 is 5.97 Å². The fourth-order valence-corrected chi connectivity index (χ4v) is 1.30. The second-order valence-corrected chi connectivity index (χ2v) is 3.19. The molecule has 78 valence electrons. The maximum Gasteiger partial charge on any atom is 0.314 e. The van der Waals surface area contributed by atoms with Crippen LogP contribution in [0.3, 0.4) is 0 Å². The van der Waals surface area contributed by atoms with Gasteiger partial charge < -0.3 is 5.11 Å². The second kappa shape index (κ2) is 5.10. The fourth-order valence-electron chi connectivity index (χ4n) is 1.30. The lowest BCUT2D eigenvalue weighted by Gasteiger charge is -2.08. The molecule has 0 saturated carbocycles. The van der Waals surface area contributed by atoms with E-state index in [0.717, 1.165) is 11.6 Å². The zero-order valence-corrected chi connectivity index (χ0v) is 8.22. The number of carboxylic acids is 1. The minimum Gasteiger partial charge on any atom is -0.481 e. The van der Waals surface area contributed by atoms with Crippen molar-refractivity contribution in [3.05, 3.63) is 48.6 Å². The third-order valence-electron chi connectivity index (χ3n) is 2.13. The van der Waals surface area contributed by atoms with E-state index in [4.69, 9.17) is 5.11 Å². The molecule has 0 radical (unpaired) electrons. The lowest BCUT2D eigenvalue weighted by atomic mass is 9.95. The minimum atomic E-state index is -1.11. The molecule has 1 unspecified atom stereocenters. The van der Waals surface area contributed by atoms with Crippen LogP contribution in [0.5, 0.6) is 0 Å². The minimum absolute atomic E-state index is 0.209. The maximum atomic E-state index is 11.3. The van der Waals surface area contributed by atoms with Crippen molar-refractivity contribution < 1.29 is 14.7 Å². The fraction of sp³-hybridized carbons (Fsp3) is 0.167.